The minimum absolute atomic E-state index is 0.544. The maximum atomic E-state index is 5.35. The normalized spacial score (nSPS) is 17.7. The molecule has 0 bridgehead atoms. The average Bonchev–Trinajstić information content (AvgIpc) is 2.30. The predicted octanol–water partition coefficient (Wildman–Crippen LogP) is 1.70. The number of nitrogens with zero attached hydrogens (tertiary/aromatic N) is 3. The Kier molecular flexibility index (Phi) is 3.74. The molecule has 0 aromatic carbocycles. The van der Waals surface area contributed by atoms with E-state index in [2.05, 4.69) is 44.5 Å². The van der Waals surface area contributed by atoms with Gasteiger partial charge in [0.25, 0.3) is 0 Å². The first kappa shape index (κ1) is 11.1. The fourth-order valence-corrected chi connectivity index (χ4v) is 2.49. The lowest BCUT2D eigenvalue weighted by molar-refractivity contribution is 0.0853. The zero-order chi connectivity index (χ0) is 10.7. The second kappa shape index (κ2) is 5.07. The zero-order valence-electron chi connectivity index (χ0n) is 8.69. The van der Waals surface area contributed by atoms with Crippen molar-refractivity contribution in [2.75, 3.05) is 25.2 Å². The third kappa shape index (κ3) is 2.57. The van der Waals surface area contributed by atoms with Crippen LogP contribution in [0.1, 0.15) is 12.8 Å². The van der Waals surface area contributed by atoms with Gasteiger partial charge in [-0.15, -0.1) is 0 Å². The molecule has 5 heteroatoms. The van der Waals surface area contributed by atoms with E-state index in [0.29, 0.717) is 6.04 Å². The number of ether oxygens (including phenoxy) is 1. The van der Waals surface area contributed by atoms with E-state index in [-0.39, 0.29) is 0 Å². The first-order valence-electron chi connectivity index (χ1n) is 5.05. The number of hydrogen-bond acceptors (Lipinski definition) is 4. The minimum Gasteiger partial charge on any atom is -0.381 e. The summed E-state index contributed by atoms with van der Waals surface area (Å²) in [5.41, 5.74) is 0. The third-order valence-electron chi connectivity index (χ3n) is 2.72. The van der Waals surface area contributed by atoms with E-state index in [1.54, 1.807) is 6.33 Å². The summed E-state index contributed by atoms with van der Waals surface area (Å²) in [6.45, 7) is 1.72. The van der Waals surface area contributed by atoms with Crippen LogP contribution in [0, 0.1) is 3.57 Å². The van der Waals surface area contributed by atoms with Gasteiger partial charge in [-0.25, -0.2) is 9.97 Å². The molecule has 0 radical (unpaired) electrons. The lowest BCUT2D eigenvalue weighted by Gasteiger charge is -2.32. The molecule has 4 nitrogen and oxygen atoms in total. The monoisotopic (exact) mass is 319 g/mol. The first-order chi connectivity index (χ1) is 7.29. The van der Waals surface area contributed by atoms with Gasteiger partial charge in [0.1, 0.15) is 12.1 Å². The second-order valence-corrected chi connectivity index (χ2v) is 4.81. The molecule has 0 amide bonds. The number of rotatable bonds is 2. The maximum Gasteiger partial charge on any atom is 0.145 e. The van der Waals surface area contributed by atoms with E-state index in [1.807, 2.05) is 6.20 Å². The van der Waals surface area contributed by atoms with E-state index in [9.17, 15) is 0 Å². The molecule has 0 atom stereocenters. The summed E-state index contributed by atoms with van der Waals surface area (Å²) in [5.74, 6) is 1.03. The van der Waals surface area contributed by atoms with Crippen LogP contribution in [0.25, 0.3) is 0 Å². The van der Waals surface area contributed by atoms with Crippen molar-refractivity contribution in [1.29, 1.82) is 0 Å². The van der Waals surface area contributed by atoms with Crippen molar-refractivity contribution in [2.45, 2.75) is 18.9 Å². The Balaban J connectivity index is 2.12. The van der Waals surface area contributed by atoms with Gasteiger partial charge in [-0.05, 0) is 35.4 Å². The van der Waals surface area contributed by atoms with Gasteiger partial charge in [-0.1, -0.05) is 0 Å². The lowest BCUT2D eigenvalue weighted by atomic mass is 10.1. The number of aromatic nitrogens is 2. The lowest BCUT2D eigenvalue weighted by Crippen LogP contribution is -2.37. The molecular formula is C10H14IN3O. The quantitative estimate of drug-likeness (QED) is 0.778. The van der Waals surface area contributed by atoms with Gasteiger partial charge in [0.05, 0.1) is 3.57 Å². The van der Waals surface area contributed by atoms with E-state index >= 15 is 0 Å². The van der Waals surface area contributed by atoms with Crippen LogP contribution >= 0.6 is 22.6 Å². The molecule has 15 heavy (non-hydrogen) atoms. The summed E-state index contributed by atoms with van der Waals surface area (Å²) in [5, 5.41) is 0. The molecule has 1 aliphatic rings. The number of halogens is 1. The Morgan fingerprint density at radius 2 is 2.20 bits per heavy atom. The van der Waals surface area contributed by atoms with Gasteiger partial charge in [0.2, 0.25) is 0 Å². The average molecular weight is 319 g/mol. The van der Waals surface area contributed by atoms with E-state index in [4.69, 9.17) is 4.74 Å². The highest BCUT2D eigenvalue weighted by atomic mass is 127. The number of anilines is 1. The Labute approximate surface area is 103 Å². The predicted molar refractivity (Wildman–Crippen MR) is 67.0 cm³/mol. The first-order valence-corrected chi connectivity index (χ1v) is 6.13. The van der Waals surface area contributed by atoms with Crippen molar-refractivity contribution in [3.63, 3.8) is 0 Å². The van der Waals surface area contributed by atoms with Crippen molar-refractivity contribution in [1.82, 2.24) is 9.97 Å². The second-order valence-electron chi connectivity index (χ2n) is 3.65. The van der Waals surface area contributed by atoms with E-state index in [1.165, 1.54) is 0 Å². The van der Waals surface area contributed by atoms with Gasteiger partial charge >= 0.3 is 0 Å². The molecule has 1 fully saturated rings. The highest BCUT2D eigenvalue weighted by Crippen LogP contribution is 2.22. The van der Waals surface area contributed by atoms with Crippen LogP contribution in [0.4, 0.5) is 5.82 Å². The Morgan fingerprint density at radius 1 is 1.47 bits per heavy atom. The molecule has 0 unspecified atom stereocenters. The topological polar surface area (TPSA) is 38.2 Å². The Hall–Kier alpha value is -0.430. The SMILES string of the molecule is CN(c1ncncc1I)C1CCOCC1. The van der Waals surface area contributed by atoms with Crippen molar-refractivity contribution < 1.29 is 4.74 Å². The van der Waals surface area contributed by atoms with Crippen LogP contribution in [0.15, 0.2) is 12.5 Å². The van der Waals surface area contributed by atoms with Gasteiger partial charge in [0, 0.05) is 32.5 Å². The fraction of sp³-hybridized carbons (Fsp3) is 0.600. The van der Waals surface area contributed by atoms with Gasteiger partial charge in [-0.3, -0.25) is 0 Å². The fourth-order valence-electron chi connectivity index (χ4n) is 1.81. The van der Waals surface area contributed by atoms with Crippen LogP contribution in [-0.4, -0.2) is 36.3 Å². The van der Waals surface area contributed by atoms with Crippen LogP contribution in [0.5, 0.6) is 0 Å². The summed E-state index contributed by atoms with van der Waals surface area (Å²) in [4.78, 5) is 10.6. The molecule has 2 heterocycles. The van der Waals surface area contributed by atoms with Crippen LogP contribution in [0.3, 0.4) is 0 Å². The Morgan fingerprint density at radius 3 is 2.87 bits per heavy atom. The Bertz CT molecular complexity index is 328. The smallest absolute Gasteiger partial charge is 0.145 e. The van der Waals surface area contributed by atoms with E-state index < -0.39 is 0 Å². The molecule has 0 saturated carbocycles. The molecule has 1 aromatic rings. The molecule has 1 aromatic heterocycles. The molecule has 0 N–H and O–H groups in total. The molecular weight excluding hydrogens is 305 g/mol. The zero-order valence-corrected chi connectivity index (χ0v) is 10.8. The van der Waals surface area contributed by atoms with Crippen molar-refractivity contribution in [3.05, 3.63) is 16.1 Å². The van der Waals surface area contributed by atoms with Crippen molar-refractivity contribution in [3.8, 4) is 0 Å². The van der Waals surface area contributed by atoms with Crippen LogP contribution in [0.2, 0.25) is 0 Å². The molecule has 82 valence electrons. The molecule has 1 aliphatic heterocycles. The van der Waals surface area contributed by atoms with Crippen molar-refractivity contribution >= 4 is 28.4 Å². The molecule has 0 spiro atoms. The third-order valence-corrected chi connectivity index (χ3v) is 3.48. The summed E-state index contributed by atoms with van der Waals surface area (Å²) >= 11 is 2.27. The highest BCUT2D eigenvalue weighted by Gasteiger charge is 2.20. The van der Waals surface area contributed by atoms with Gasteiger partial charge < -0.3 is 9.64 Å². The summed E-state index contributed by atoms with van der Waals surface area (Å²) < 4.78 is 6.46. The summed E-state index contributed by atoms with van der Waals surface area (Å²) in [7, 11) is 2.10. The molecule has 2 rings (SSSR count). The van der Waals surface area contributed by atoms with Gasteiger partial charge in [-0.2, -0.15) is 0 Å². The van der Waals surface area contributed by atoms with Gasteiger partial charge in [0.15, 0.2) is 0 Å². The molecule has 1 saturated heterocycles. The largest absolute Gasteiger partial charge is 0.381 e. The molecule has 0 aliphatic carbocycles. The van der Waals surface area contributed by atoms with Crippen molar-refractivity contribution in [2.24, 2.45) is 0 Å². The number of hydrogen-bond donors (Lipinski definition) is 0. The minimum atomic E-state index is 0.544. The van der Waals surface area contributed by atoms with Crippen LogP contribution < -0.4 is 4.90 Å². The van der Waals surface area contributed by atoms with E-state index in [0.717, 1.165) is 35.4 Å². The maximum absolute atomic E-state index is 5.35. The van der Waals surface area contributed by atoms with Crippen LogP contribution in [-0.2, 0) is 4.74 Å². The summed E-state index contributed by atoms with van der Waals surface area (Å²) in [6, 6.07) is 0.544. The summed E-state index contributed by atoms with van der Waals surface area (Å²) in [6.07, 6.45) is 5.61. The highest BCUT2D eigenvalue weighted by molar-refractivity contribution is 14.1. The standard InChI is InChI=1S/C10H14IN3O/c1-14(8-2-4-15-5-3-8)10-9(11)6-12-7-13-10/h6-8H,2-5H2,1H3.